The Morgan fingerprint density at radius 1 is 1.39 bits per heavy atom. The van der Waals surface area contributed by atoms with Gasteiger partial charge in [-0.25, -0.2) is 0 Å². The van der Waals surface area contributed by atoms with Gasteiger partial charge in [0.25, 0.3) is 5.91 Å². The Hall–Kier alpha value is -2.37. The van der Waals surface area contributed by atoms with Gasteiger partial charge in [-0.1, -0.05) is 17.3 Å². The second-order valence-electron chi connectivity index (χ2n) is 3.65. The zero-order chi connectivity index (χ0) is 12.8. The van der Waals surface area contributed by atoms with E-state index in [1.54, 1.807) is 13.1 Å². The molecule has 0 saturated heterocycles. The number of hydrogen-bond acceptors (Lipinski definition) is 5. The molecule has 0 atom stereocenters. The van der Waals surface area contributed by atoms with E-state index in [0.717, 1.165) is 5.69 Å². The lowest BCUT2D eigenvalue weighted by atomic mass is 10.1. The van der Waals surface area contributed by atoms with Crippen molar-refractivity contribution in [1.82, 2.24) is 15.5 Å². The van der Waals surface area contributed by atoms with Crippen LogP contribution >= 0.6 is 0 Å². The molecule has 0 aliphatic heterocycles. The second-order valence-corrected chi connectivity index (χ2v) is 3.65. The number of para-hydroxylation sites is 1. The van der Waals surface area contributed by atoms with Crippen molar-refractivity contribution in [3.05, 3.63) is 42.0 Å². The lowest BCUT2D eigenvalue weighted by Crippen LogP contribution is -2.26. The molecule has 6 nitrogen and oxygen atoms in total. The second kappa shape index (κ2) is 5.81. The van der Waals surface area contributed by atoms with E-state index in [1.807, 2.05) is 18.2 Å². The highest BCUT2D eigenvalue weighted by Crippen LogP contribution is 2.13. The topological polar surface area (TPSA) is 80.0 Å². The normalized spacial score (nSPS) is 10.1. The fraction of sp³-hybridized carbons (Fsp3) is 0.250. The molecular weight excluding hydrogens is 232 g/mol. The number of nitrogens with one attached hydrogen (secondary N) is 2. The Bertz CT molecular complexity index is 511. The van der Waals surface area contributed by atoms with Gasteiger partial charge in [0.2, 0.25) is 6.39 Å². The van der Waals surface area contributed by atoms with E-state index in [-0.39, 0.29) is 5.91 Å². The Morgan fingerprint density at radius 3 is 2.94 bits per heavy atom. The molecule has 0 bridgehead atoms. The van der Waals surface area contributed by atoms with Gasteiger partial charge in [0, 0.05) is 25.7 Å². The molecule has 2 N–H and O–H groups in total. The zero-order valence-electron chi connectivity index (χ0n) is 10.0. The summed E-state index contributed by atoms with van der Waals surface area (Å²) in [5.74, 6) is 0.459. The van der Waals surface area contributed by atoms with E-state index in [1.165, 1.54) is 6.39 Å². The molecule has 1 aromatic heterocycles. The number of rotatable bonds is 5. The van der Waals surface area contributed by atoms with Crippen molar-refractivity contribution in [2.45, 2.75) is 6.42 Å². The third-order valence-electron chi connectivity index (χ3n) is 2.48. The number of hydrogen-bond donors (Lipinski definition) is 2. The SMILES string of the molecule is CNc1ccccc1C(=O)NCCc1ncon1. The molecule has 1 heterocycles. The number of aromatic nitrogens is 2. The van der Waals surface area contributed by atoms with Crippen molar-refractivity contribution < 1.29 is 9.32 Å². The lowest BCUT2D eigenvalue weighted by molar-refractivity contribution is 0.0954. The number of carbonyl (C=O) groups excluding carboxylic acids is 1. The van der Waals surface area contributed by atoms with Gasteiger partial charge in [-0.3, -0.25) is 4.79 Å². The highest BCUT2D eigenvalue weighted by molar-refractivity contribution is 5.99. The minimum atomic E-state index is -0.122. The highest BCUT2D eigenvalue weighted by atomic mass is 16.5. The van der Waals surface area contributed by atoms with E-state index < -0.39 is 0 Å². The number of nitrogens with zero attached hydrogens (tertiary/aromatic N) is 2. The van der Waals surface area contributed by atoms with Gasteiger partial charge in [0.05, 0.1) is 5.56 Å². The molecule has 0 fully saturated rings. The van der Waals surface area contributed by atoms with Crippen LogP contribution in [0.5, 0.6) is 0 Å². The van der Waals surface area contributed by atoms with Gasteiger partial charge in [-0.2, -0.15) is 4.98 Å². The molecule has 0 unspecified atom stereocenters. The van der Waals surface area contributed by atoms with Crippen LogP contribution in [-0.4, -0.2) is 29.6 Å². The lowest BCUT2D eigenvalue weighted by Gasteiger charge is -2.08. The first kappa shape index (κ1) is 12.1. The molecule has 1 amide bonds. The Kier molecular flexibility index (Phi) is 3.90. The summed E-state index contributed by atoms with van der Waals surface area (Å²) in [6.45, 7) is 0.469. The van der Waals surface area contributed by atoms with Crippen molar-refractivity contribution in [2.75, 3.05) is 18.9 Å². The molecule has 0 spiro atoms. The van der Waals surface area contributed by atoms with Crippen molar-refractivity contribution in [3.8, 4) is 0 Å². The van der Waals surface area contributed by atoms with Crippen LogP contribution in [-0.2, 0) is 6.42 Å². The van der Waals surface area contributed by atoms with Crippen molar-refractivity contribution >= 4 is 11.6 Å². The van der Waals surface area contributed by atoms with E-state index in [4.69, 9.17) is 0 Å². The third kappa shape index (κ3) is 2.85. The van der Waals surface area contributed by atoms with Crippen LogP contribution in [0.25, 0.3) is 0 Å². The predicted octanol–water partition coefficient (Wildman–Crippen LogP) is 1.08. The quantitative estimate of drug-likeness (QED) is 0.825. The highest BCUT2D eigenvalue weighted by Gasteiger charge is 2.09. The monoisotopic (exact) mass is 246 g/mol. The van der Waals surface area contributed by atoms with Crippen LogP contribution in [0, 0.1) is 0 Å². The molecule has 18 heavy (non-hydrogen) atoms. The van der Waals surface area contributed by atoms with Gasteiger partial charge in [-0.15, -0.1) is 0 Å². The predicted molar refractivity (Wildman–Crippen MR) is 66.3 cm³/mol. The molecule has 1 aromatic carbocycles. The molecule has 94 valence electrons. The Balaban J connectivity index is 1.91. The minimum absolute atomic E-state index is 0.122. The van der Waals surface area contributed by atoms with E-state index >= 15 is 0 Å². The van der Waals surface area contributed by atoms with Crippen LogP contribution in [0.1, 0.15) is 16.2 Å². The number of benzene rings is 1. The van der Waals surface area contributed by atoms with Crippen LogP contribution < -0.4 is 10.6 Å². The maximum absolute atomic E-state index is 11.9. The Labute approximate surface area is 104 Å². The summed E-state index contributed by atoms with van der Waals surface area (Å²) in [7, 11) is 1.78. The molecule has 2 aromatic rings. The van der Waals surface area contributed by atoms with Crippen molar-refractivity contribution in [2.24, 2.45) is 0 Å². The zero-order valence-corrected chi connectivity index (χ0v) is 10.0. The molecular formula is C12H14N4O2. The minimum Gasteiger partial charge on any atom is -0.387 e. The van der Waals surface area contributed by atoms with Crippen LogP contribution in [0.4, 0.5) is 5.69 Å². The van der Waals surface area contributed by atoms with Crippen molar-refractivity contribution in [3.63, 3.8) is 0 Å². The van der Waals surface area contributed by atoms with E-state index in [9.17, 15) is 4.79 Å². The summed E-state index contributed by atoms with van der Waals surface area (Å²) in [4.78, 5) is 15.8. The molecule has 6 heteroatoms. The first-order valence-corrected chi connectivity index (χ1v) is 5.61. The summed E-state index contributed by atoms with van der Waals surface area (Å²) in [6.07, 6.45) is 1.82. The van der Waals surface area contributed by atoms with E-state index in [2.05, 4.69) is 25.3 Å². The molecule has 2 rings (SSSR count). The average Bonchev–Trinajstić information content (AvgIpc) is 2.91. The smallest absolute Gasteiger partial charge is 0.253 e. The summed E-state index contributed by atoms with van der Waals surface area (Å²) in [5, 5.41) is 9.46. The third-order valence-corrected chi connectivity index (χ3v) is 2.48. The maximum atomic E-state index is 11.9. The van der Waals surface area contributed by atoms with E-state index in [0.29, 0.717) is 24.4 Å². The first-order chi connectivity index (χ1) is 8.81. The fourth-order valence-corrected chi connectivity index (χ4v) is 1.58. The number of amides is 1. The summed E-state index contributed by atoms with van der Waals surface area (Å²) in [6, 6.07) is 7.33. The fourth-order valence-electron chi connectivity index (χ4n) is 1.58. The standard InChI is InChI=1S/C12H14N4O2/c1-13-10-5-3-2-4-9(10)12(17)14-7-6-11-15-8-18-16-11/h2-5,8,13H,6-7H2,1H3,(H,14,17). The average molecular weight is 246 g/mol. The van der Waals surface area contributed by atoms with Gasteiger partial charge in [0.1, 0.15) is 0 Å². The summed E-state index contributed by atoms with van der Waals surface area (Å²) in [5.41, 5.74) is 1.42. The van der Waals surface area contributed by atoms with Crippen molar-refractivity contribution in [1.29, 1.82) is 0 Å². The van der Waals surface area contributed by atoms with Gasteiger partial charge >= 0.3 is 0 Å². The molecule has 0 aliphatic rings. The Morgan fingerprint density at radius 2 is 2.22 bits per heavy atom. The van der Waals surface area contributed by atoms with Gasteiger partial charge < -0.3 is 15.2 Å². The van der Waals surface area contributed by atoms with Gasteiger partial charge in [0.15, 0.2) is 5.82 Å². The summed E-state index contributed by atoms with van der Waals surface area (Å²) < 4.78 is 4.61. The summed E-state index contributed by atoms with van der Waals surface area (Å²) >= 11 is 0. The maximum Gasteiger partial charge on any atom is 0.253 e. The molecule has 0 saturated carbocycles. The first-order valence-electron chi connectivity index (χ1n) is 5.61. The number of carbonyl (C=O) groups is 1. The number of anilines is 1. The largest absolute Gasteiger partial charge is 0.387 e. The van der Waals surface area contributed by atoms with Crippen LogP contribution in [0.2, 0.25) is 0 Å². The van der Waals surface area contributed by atoms with Gasteiger partial charge in [-0.05, 0) is 12.1 Å². The van der Waals surface area contributed by atoms with Crippen LogP contribution in [0.15, 0.2) is 35.2 Å². The van der Waals surface area contributed by atoms with Crippen LogP contribution in [0.3, 0.4) is 0 Å². The molecule has 0 radical (unpaired) electrons. The molecule has 0 aliphatic carbocycles.